The number of carbonyl (C=O) groups excluding carboxylic acids is 1. The van der Waals surface area contributed by atoms with Crippen LogP contribution in [0, 0.1) is 5.41 Å². The molecule has 1 aliphatic rings. The molecule has 22 heavy (non-hydrogen) atoms. The van der Waals surface area contributed by atoms with Crippen LogP contribution >= 0.6 is 0 Å². The fourth-order valence-electron chi connectivity index (χ4n) is 2.95. The molecule has 0 saturated heterocycles. The predicted octanol–water partition coefficient (Wildman–Crippen LogP) is 4.76. The van der Waals surface area contributed by atoms with Gasteiger partial charge < -0.3 is 4.74 Å². The number of alkyl halides is 3. The number of benzene rings is 1. The number of esters is 1. The van der Waals surface area contributed by atoms with Gasteiger partial charge in [-0.25, -0.2) is 0 Å². The van der Waals surface area contributed by atoms with Gasteiger partial charge in [-0.05, 0) is 43.7 Å². The van der Waals surface area contributed by atoms with Crippen molar-refractivity contribution in [2.45, 2.75) is 58.2 Å². The number of hydrogen-bond donors (Lipinski definition) is 0. The third-order valence-corrected chi connectivity index (χ3v) is 4.95. The van der Waals surface area contributed by atoms with Crippen molar-refractivity contribution >= 4 is 5.97 Å². The summed E-state index contributed by atoms with van der Waals surface area (Å²) in [6.45, 7) is 4.11. The molecule has 0 aliphatic heterocycles. The highest BCUT2D eigenvalue weighted by Crippen LogP contribution is 2.47. The molecule has 1 aromatic rings. The average molecular weight is 314 g/mol. The van der Waals surface area contributed by atoms with Gasteiger partial charge in [0.15, 0.2) is 5.41 Å². The average Bonchev–Trinajstić information content (AvgIpc) is 2.84. The van der Waals surface area contributed by atoms with E-state index in [0.717, 1.165) is 18.1 Å². The van der Waals surface area contributed by atoms with Crippen molar-refractivity contribution in [2.75, 3.05) is 0 Å². The van der Waals surface area contributed by atoms with Gasteiger partial charge in [0.2, 0.25) is 0 Å². The Hall–Kier alpha value is -1.52. The third kappa shape index (κ3) is 2.50. The first-order valence-corrected chi connectivity index (χ1v) is 7.59. The minimum absolute atomic E-state index is 0.337. The van der Waals surface area contributed by atoms with E-state index in [0.29, 0.717) is 19.3 Å². The molecule has 0 N–H and O–H groups in total. The van der Waals surface area contributed by atoms with E-state index in [1.54, 1.807) is 0 Å². The number of carbonyl (C=O) groups is 1. The van der Waals surface area contributed by atoms with Gasteiger partial charge in [-0.2, -0.15) is 13.2 Å². The van der Waals surface area contributed by atoms with Crippen molar-refractivity contribution in [1.29, 1.82) is 0 Å². The molecule has 0 heterocycles. The molecular formula is C17H21F3O2. The second-order valence-electron chi connectivity index (χ2n) is 6.08. The van der Waals surface area contributed by atoms with Crippen LogP contribution in [-0.2, 0) is 21.6 Å². The lowest BCUT2D eigenvalue weighted by Gasteiger charge is -2.35. The van der Waals surface area contributed by atoms with E-state index in [1.165, 1.54) is 6.92 Å². The predicted molar refractivity (Wildman–Crippen MR) is 77.3 cm³/mol. The Bertz CT molecular complexity index is 567. The monoisotopic (exact) mass is 314 g/mol. The van der Waals surface area contributed by atoms with Crippen LogP contribution in [0.2, 0.25) is 0 Å². The van der Waals surface area contributed by atoms with Crippen molar-refractivity contribution in [2.24, 2.45) is 5.41 Å². The first-order chi connectivity index (χ1) is 10.2. The highest BCUT2D eigenvalue weighted by atomic mass is 19.4. The maximum Gasteiger partial charge on any atom is 0.404 e. The minimum Gasteiger partial charge on any atom is -0.454 e. The Kier molecular flexibility index (Phi) is 4.28. The Morgan fingerprint density at radius 1 is 1.27 bits per heavy atom. The smallest absolute Gasteiger partial charge is 0.404 e. The van der Waals surface area contributed by atoms with Crippen LogP contribution in [-0.4, -0.2) is 12.1 Å². The van der Waals surface area contributed by atoms with Gasteiger partial charge in [-0.1, -0.05) is 38.1 Å². The molecule has 0 spiro atoms. The number of aryl methyl sites for hydroxylation is 1. The van der Waals surface area contributed by atoms with Gasteiger partial charge in [0.25, 0.3) is 0 Å². The maximum absolute atomic E-state index is 13.3. The zero-order chi connectivity index (χ0) is 16.6. The fourth-order valence-corrected chi connectivity index (χ4v) is 2.95. The number of halogens is 3. The summed E-state index contributed by atoms with van der Waals surface area (Å²) in [7, 11) is 0. The molecule has 2 unspecified atom stereocenters. The van der Waals surface area contributed by atoms with E-state index in [2.05, 4.69) is 0 Å². The number of ether oxygens (including phenoxy) is 1. The van der Waals surface area contributed by atoms with E-state index < -0.39 is 23.2 Å². The summed E-state index contributed by atoms with van der Waals surface area (Å²) in [5.41, 5.74) is -1.52. The van der Waals surface area contributed by atoms with Crippen LogP contribution in [0.4, 0.5) is 13.2 Å². The molecule has 0 bridgehead atoms. The summed E-state index contributed by atoms with van der Waals surface area (Å²) in [5, 5.41) is 0. The van der Waals surface area contributed by atoms with Crippen LogP contribution in [0.3, 0.4) is 0 Å². The maximum atomic E-state index is 13.3. The zero-order valence-electron chi connectivity index (χ0n) is 13.1. The van der Waals surface area contributed by atoms with Crippen LogP contribution in [0.1, 0.15) is 51.2 Å². The molecule has 1 aliphatic carbocycles. The van der Waals surface area contributed by atoms with Crippen molar-refractivity contribution < 1.29 is 22.7 Å². The quantitative estimate of drug-likeness (QED) is 0.749. The summed E-state index contributed by atoms with van der Waals surface area (Å²) in [4.78, 5) is 12.3. The Labute approximate surface area is 128 Å². The van der Waals surface area contributed by atoms with E-state index in [9.17, 15) is 18.0 Å². The summed E-state index contributed by atoms with van der Waals surface area (Å²) < 4.78 is 45.3. The van der Waals surface area contributed by atoms with Gasteiger partial charge in [0, 0.05) is 0 Å². The molecule has 0 saturated carbocycles. The Balaban J connectivity index is 2.35. The summed E-state index contributed by atoms with van der Waals surface area (Å²) in [5.74, 6) is -1.18. The van der Waals surface area contributed by atoms with E-state index in [4.69, 9.17) is 4.74 Å². The van der Waals surface area contributed by atoms with Crippen LogP contribution in [0.15, 0.2) is 24.3 Å². The number of rotatable bonds is 4. The SMILES string of the molecule is CCC1(OC(=O)C(C)(CC)C(F)(F)F)CCc2ccccc21. The standard InChI is InChI=1S/C17H21F3O2/c1-4-15(3,17(18,19)20)14(21)22-16(5-2)11-10-12-8-6-7-9-13(12)16/h6-9H,4-5,10-11H2,1-3H3. The second-order valence-corrected chi connectivity index (χ2v) is 6.08. The molecule has 0 aromatic heterocycles. The summed E-state index contributed by atoms with van der Waals surface area (Å²) in [6.07, 6.45) is -3.24. The van der Waals surface area contributed by atoms with Gasteiger partial charge in [-0.15, -0.1) is 0 Å². The molecule has 0 radical (unpaired) electrons. The summed E-state index contributed by atoms with van der Waals surface area (Å²) in [6, 6.07) is 7.49. The lowest BCUT2D eigenvalue weighted by atomic mass is 9.85. The van der Waals surface area contributed by atoms with Crippen molar-refractivity contribution in [3.05, 3.63) is 35.4 Å². The van der Waals surface area contributed by atoms with Gasteiger partial charge in [0.1, 0.15) is 5.60 Å². The molecule has 2 nitrogen and oxygen atoms in total. The van der Waals surface area contributed by atoms with Crippen molar-refractivity contribution in [3.63, 3.8) is 0 Å². The molecule has 2 rings (SSSR count). The molecule has 122 valence electrons. The largest absolute Gasteiger partial charge is 0.454 e. The van der Waals surface area contributed by atoms with Crippen LogP contribution in [0.5, 0.6) is 0 Å². The van der Waals surface area contributed by atoms with Crippen LogP contribution in [0.25, 0.3) is 0 Å². The molecule has 2 atom stereocenters. The first-order valence-electron chi connectivity index (χ1n) is 7.59. The van der Waals surface area contributed by atoms with Gasteiger partial charge in [0.05, 0.1) is 0 Å². The highest BCUT2D eigenvalue weighted by Gasteiger charge is 2.58. The van der Waals surface area contributed by atoms with E-state index in [-0.39, 0.29) is 6.42 Å². The molecule has 5 heteroatoms. The third-order valence-electron chi connectivity index (χ3n) is 4.95. The lowest BCUT2D eigenvalue weighted by Crippen LogP contribution is -2.46. The lowest BCUT2D eigenvalue weighted by molar-refractivity contribution is -0.239. The molecular weight excluding hydrogens is 293 g/mol. The van der Waals surface area contributed by atoms with Gasteiger partial charge >= 0.3 is 12.1 Å². The number of fused-ring (bicyclic) bond motifs is 1. The Morgan fingerprint density at radius 2 is 1.91 bits per heavy atom. The van der Waals surface area contributed by atoms with Crippen molar-refractivity contribution in [3.8, 4) is 0 Å². The fraction of sp³-hybridized carbons (Fsp3) is 0.588. The first kappa shape index (κ1) is 16.8. The van der Waals surface area contributed by atoms with Crippen molar-refractivity contribution in [1.82, 2.24) is 0 Å². The normalized spacial score (nSPS) is 23.7. The van der Waals surface area contributed by atoms with Gasteiger partial charge in [-0.3, -0.25) is 4.79 Å². The summed E-state index contributed by atoms with van der Waals surface area (Å²) >= 11 is 0. The molecule has 0 fully saturated rings. The second kappa shape index (κ2) is 5.60. The van der Waals surface area contributed by atoms with E-state index in [1.807, 2.05) is 31.2 Å². The number of hydrogen-bond acceptors (Lipinski definition) is 2. The molecule has 1 aromatic carbocycles. The Morgan fingerprint density at radius 3 is 2.45 bits per heavy atom. The molecule has 0 amide bonds. The highest BCUT2D eigenvalue weighted by molar-refractivity contribution is 5.78. The topological polar surface area (TPSA) is 26.3 Å². The minimum atomic E-state index is -4.62. The zero-order valence-corrected chi connectivity index (χ0v) is 13.1. The van der Waals surface area contributed by atoms with E-state index >= 15 is 0 Å². The van der Waals surface area contributed by atoms with Crippen LogP contribution < -0.4 is 0 Å².